The Morgan fingerprint density at radius 2 is 2.25 bits per heavy atom. The number of hydrogen-bond acceptors (Lipinski definition) is 4. The zero-order valence-corrected chi connectivity index (χ0v) is 13.4. The standard InChI is InChI=1S/C10H16ClFN4O2S.ClH/c1-6-9(10(11)16(2)15-6)19(17,18)14-5-8-3-7(12)4-13-8;/h7-8,13-14H,3-5H2,1-2H3;1H/t7-,8-;/m0./s1. The predicted molar refractivity (Wildman–Crippen MR) is 76.7 cm³/mol. The van der Waals surface area contributed by atoms with Gasteiger partial charge in [0, 0.05) is 26.2 Å². The summed E-state index contributed by atoms with van der Waals surface area (Å²) in [5, 5.41) is 6.93. The van der Waals surface area contributed by atoms with Crippen LogP contribution in [0.2, 0.25) is 5.15 Å². The molecule has 0 amide bonds. The molecule has 2 rings (SSSR count). The Kier molecular flexibility index (Phi) is 5.79. The molecule has 1 aromatic heterocycles. The molecule has 116 valence electrons. The largest absolute Gasteiger partial charge is 0.310 e. The van der Waals surface area contributed by atoms with E-state index >= 15 is 0 Å². The summed E-state index contributed by atoms with van der Waals surface area (Å²) in [6, 6.07) is -0.194. The van der Waals surface area contributed by atoms with Crippen LogP contribution in [0, 0.1) is 6.92 Å². The zero-order chi connectivity index (χ0) is 14.2. The summed E-state index contributed by atoms with van der Waals surface area (Å²) in [5.41, 5.74) is 0.336. The minimum Gasteiger partial charge on any atom is -0.310 e. The maximum Gasteiger partial charge on any atom is 0.245 e. The molecule has 2 atom stereocenters. The third-order valence-electron chi connectivity index (χ3n) is 3.06. The van der Waals surface area contributed by atoms with Crippen LogP contribution < -0.4 is 10.0 Å². The molecule has 0 saturated carbocycles. The Hall–Kier alpha value is -0.410. The van der Waals surface area contributed by atoms with Gasteiger partial charge in [0.2, 0.25) is 10.0 Å². The summed E-state index contributed by atoms with van der Waals surface area (Å²) >= 11 is 5.92. The van der Waals surface area contributed by atoms with E-state index in [2.05, 4.69) is 15.1 Å². The molecule has 0 radical (unpaired) electrons. The van der Waals surface area contributed by atoms with Crippen LogP contribution in [0.4, 0.5) is 4.39 Å². The molecule has 0 aromatic carbocycles. The molecule has 20 heavy (non-hydrogen) atoms. The molecule has 1 fully saturated rings. The lowest BCUT2D eigenvalue weighted by Gasteiger charge is -2.11. The van der Waals surface area contributed by atoms with Crippen LogP contribution in [-0.2, 0) is 17.1 Å². The molecule has 10 heteroatoms. The first-order valence-electron chi connectivity index (χ1n) is 5.87. The van der Waals surface area contributed by atoms with Crippen LogP contribution in [0.15, 0.2) is 4.90 Å². The van der Waals surface area contributed by atoms with E-state index in [4.69, 9.17) is 11.6 Å². The molecule has 2 N–H and O–H groups in total. The molecule has 0 spiro atoms. The van der Waals surface area contributed by atoms with Crippen LogP contribution in [0.5, 0.6) is 0 Å². The van der Waals surface area contributed by atoms with Gasteiger partial charge in [-0.2, -0.15) is 5.10 Å². The fourth-order valence-electron chi connectivity index (χ4n) is 2.12. The van der Waals surface area contributed by atoms with Gasteiger partial charge in [0.25, 0.3) is 0 Å². The van der Waals surface area contributed by atoms with Gasteiger partial charge in [-0.1, -0.05) is 11.6 Å². The number of aryl methyl sites for hydroxylation is 2. The lowest BCUT2D eigenvalue weighted by Crippen LogP contribution is -2.37. The number of nitrogens with one attached hydrogen (secondary N) is 2. The Labute approximate surface area is 128 Å². The normalized spacial score (nSPS) is 22.8. The second-order valence-electron chi connectivity index (χ2n) is 4.62. The molecule has 2 heterocycles. The van der Waals surface area contributed by atoms with Crippen LogP contribution >= 0.6 is 24.0 Å². The summed E-state index contributed by atoms with van der Waals surface area (Å²) in [5.74, 6) is 0. The van der Waals surface area contributed by atoms with Gasteiger partial charge in [-0.15, -0.1) is 12.4 Å². The Balaban J connectivity index is 0.00000200. The van der Waals surface area contributed by atoms with Crippen molar-refractivity contribution < 1.29 is 12.8 Å². The summed E-state index contributed by atoms with van der Waals surface area (Å²) < 4.78 is 41.0. The first-order valence-corrected chi connectivity index (χ1v) is 7.73. The highest BCUT2D eigenvalue weighted by atomic mass is 35.5. The van der Waals surface area contributed by atoms with Gasteiger partial charge in [0.05, 0.1) is 5.69 Å². The van der Waals surface area contributed by atoms with Crippen molar-refractivity contribution in [2.45, 2.75) is 30.5 Å². The molecular formula is C10H17Cl2FN4O2S. The van der Waals surface area contributed by atoms with E-state index in [9.17, 15) is 12.8 Å². The molecule has 0 aliphatic carbocycles. The second kappa shape index (κ2) is 6.57. The van der Waals surface area contributed by atoms with Crippen molar-refractivity contribution in [2.75, 3.05) is 13.1 Å². The second-order valence-corrected chi connectivity index (χ2v) is 6.68. The van der Waals surface area contributed by atoms with E-state index in [1.165, 1.54) is 4.68 Å². The van der Waals surface area contributed by atoms with Gasteiger partial charge in [-0.25, -0.2) is 17.5 Å². The molecule has 0 bridgehead atoms. The molecule has 1 saturated heterocycles. The van der Waals surface area contributed by atoms with Crippen molar-refractivity contribution in [1.82, 2.24) is 19.8 Å². The molecule has 0 unspecified atom stereocenters. The molecule has 1 aliphatic heterocycles. The monoisotopic (exact) mass is 346 g/mol. The van der Waals surface area contributed by atoms with Gasteiger partial charge in [-0.05, 0) is 13.3 Å². The van der Waals surface area contributed by atoms with Crippen LogP contribution in [0.25, 0.3) is 0 Å². The van der Waals surface area contributed by atoms with Crippen molar-refractivity contribution in [3.8, 4) is 0 Å². The lowest BCUT2D eigenvalue weighted by atomic mass is 10.2. The van der Waals surface area contributed by atoms with Gasteiger partial charge >= 0.3 is 0 Å². The van der Waals surface area contributed by atoms with E-state index in [1.54, 1.807) is 14.0 Å². The fraction of sp³-hybridized carbons (Fsp3) is 0.700. The van der Waals surface area contributed by atoms with E-state index in [0.29, 0.717) is 12.1 Å². The van der Waals surface area contributed by atoms with Gasteiger partial charge in [-0.3, -0.25) is 4.68 Å². The smallest absolute Gasteiger partial charge is 0.245 e. The third kappa shape index (κ3) is 3.62. The van der Waals surface area contributed by atoms with E-state index in [-0.39, 0.29) is 41.6 Å². The lowest BCUT2D eigenvalue weighted by molar-refractivity contribution is 0.355. The maximum atomic E-state index is 13.0. The molecule has 1 aliphatic rings. The maximum absolute atomic E-state index is 13.0. The van der Waals surface area contributed by atoms with Crippen molar-refractivity contribution in [1.29, 1.82) is 0 Å². The minimum absolute atomic E-state index is 0. The number of alkyl halides is 1. The number of halogens is 3. The average Bonchev–Trinajstić information content (AvgIpc) is 2.82. The van der Waals surface area contributed by atoms with Crippen molar-refractivity contribution in [2.24, 2.45) is 7.05 Å². The zero-order valence-electron chi connectivity index (χ0n) is 11.1. The SMILES string of the molecule is Cc1nn(C)c(Cl)c1S(=O)(=O)NC[C@@H]1C[C@H](F)CN1.Cl. The fourth-order valence-corrected chi connectivity index (χ4v) is 3.95. The highest BCUT2D eigenvalue weighted by Crippen LogP contribution is 2.23. The summed E-state index contributed by atoms with van der Waals surface area (Å²) in [4.78, 5) is -0.0218. The quantitative estimate of drug-likeness (QED) is 0.844. The van der Waals surface area contributed by atoms with Crippen LogP contribution in [0.3, 0.4) is 0 Å². The number of aromatic nitrogens is 2. The van der Waals surface area contributed by atoms with Gasteiger partial charge < -0.3 is 5.32 Å². The van der Waals surface area contributed by atoms with Gasteiger partial charge in [0.15, 0.2) is 0 Å². The number of sulfonamides is 1. The molecule has 6 nitrogen and oxygen atoms in total. The third-order valence-corrected chi connectivity index (χ3v) is 5.18. The van der Waals surface area contributed by atoms with E-state index in [0.717, 1.165) is 0 Å². The Morgan fingerprint density at radius 3 is 2.70 bits per heavy atom. The number of hydrogen-bond donors (Lipinski definition) is 2. The first kappa shape index (κ1) is 17.6. The summed E-state index contributed by atoms with van der Waals surface area (Å²) in [6.45, 7) is 1.97. The topological polar surface area (TPSA) is 76.0 Å². The summed E-state index contributed by atoms with van der Waals surface area (Å²) in [6.07, 6.45) is -0.611. The highest BCUT2D eigenvalue weighted by molar-refractivity contribution is 7.89. The Bertz CT molecular complexity index is 578. The van der Waals surface area contributed by atoms with Crippen molar-refractivity contribution in [3.63, 3.8) is 0 Å². The highest BCUT2D eigenvalue weighted by Gasteiger charge is 2.28. The summed E-state index contributed by atoms with van der Waals surface area (Å²) in [7, 11) is -2.16. The van der Waals surface area contributed by atoms with Crippen LogP contribution in [0.1, 0.15) is 12.1 Å². The van der Waals surface area contributed by atoms with E-state index in [1.807, 2.05) is 0 Å². The molecule has 1 aromatic rings. The number of nitrogens with zero attached hydrogens (tertiary/aromatic N) is 2. The van der Waals surface area contributed by atoms with Crippen molar-refractivity contribution >= 4 is 34.0 Å². The van der Waals surface area contributed by atoms with E-state index < -0.39 is 16.2 Å². The Morgan fingerprint density at radius 1 is 1.60 bits per heavy atom. The minimum atomic E-state index is -3.73. The van der Waals surface area contributed by atoms with Crippen molar-refractivity contribution in [3.05, 3.63) is 10.8 Å². The average molecular weight is 347 g/mol. The molecular weight excluding hydrogens is 330 g/mol. The number of rotatable bonds is 4. The van der Waals surface area contributed by atoms with Crippen LogP contribution in [-0.4, -0.2) is 43.5 Å². The first-order chi connectivity index (χ1) is 8.81. The predicted octanol–water partition coefficient (Wildman–Crippen LogP) is 0.782. The van der Waals surface area contributed by atoms with Gasteiger partial charge in [0.1, 0.15) is 16.2 Å².